The third-order valence-electron chi connectivity index (χ3n) is 4.09. The molecule has 0 aliphatic heterocycles. The van der Waals surface area contributed by atoms with Crippen LogP contribution in [0.15, 0.2) is 11.1 Å². The number of hydrogen-bond donors (Lipinski definition) is 1. The van der Waals surface area contributed by atoms with E-state index in [1.54, 1.807) is 11.1 Å². The Morgan fingerprint density at radius 2 is 2.08 bits per heavy atom. The van der Waals surface area contributed by atoms with E-state index >= 15 is 0 Å². The quantitative estimate of drug-likeness (QED) is 0.568. The molecule has 0 saturated heterocycles. The predicted molar refractivity (Wildman–Crippen MR) is 54.5 cm³/mol. The highest BCUT2D eigenvalue weighted by Gasteiger charge is 2.41. The van der Waals surface area contributed by atoms with Crippen LogP contribution in [-0.2, 0) is 0 Å². The summed E-state index contributed by atoms with van der Waals surface area (Å²) < 4.78 is 0. The number of aliphatic hydroxyl groups excluding tert-OH is 1. The number of aliphatic hydroxyl groups is 1. The lowest BCUT2D eigenvalue weighted by Gasteiger charge is -2.45. The molecular formula is C12H20O. The van der Waals surface area contributed by atoms with Gasteiger partial charge in [-0.2, -0.15) is 0 Å². The average Bonchev–Trinajstić information content (AvgIpc) is 2.08. The smallest absolute Gasteiger partial charge is 0.0631 e. The second-order valence-corrected chi connectivity index (χ2v) is 4.94. The highest BCUT2D eigenvalue weighted by molar-refractivity contribution is 5.26. The normalized spacial score (nSPS) is 40.4. The van der Waals surface area contributed by atoms with Crippen LogP contribution in [0.5, 0.6) is 0 Å². The molecule has 0 heterocycles. The maximum Gasteiger partial charge on any atom is 0.0631 e. The van der Waals surface area contributed by atoms with Crippen molar-refractivity contribution in [2.45, 2.75) is 58.5 Å². The highest BCUT2D eigenvalue weighted by Crippen LogP contribution is 2.49. The number of rotatable bonds is 0. The van der Waals surface area contributed by atoms with Crippen LogP contribution in [0.3, 0.4) is 0 Å². The Morgan fingerprint density at radius 1 is 1.31 bits per heavy atom. The molecule has 2 aliphatic carbocycles. The Balaban J connectivity index is 2.37. The zero-order valence-corrected chi connectivity index (χ0v) is 8.77. The molecule has 0 unspecified atom stereocenters. The van der Waals surface area contributed by atoms with E-state index in [2.05, 4.69) is 13.8 Å². The van der Waals surface area contributed by atoms with Gasteiger partial charge in [0.1, 0.15) is 0 Å². The van der Waals surface area contributed by atoms with Crippen molar-refractivity contribution >= 4 is 0 Å². The Morgan fingerprint density at radius 3 is 2.77 bits per heavy atom. The minimum atomic E-state index is -0.0773. The van der Waals surface area contributed by atoms with Gasteiger partial charge in [-0.1, -0.05) is 18.1 Å². The van der Waals surface area contributed by atoms with Gasteiger partial charge in [0.25, 0.3) is 0 Å². The Bertz CT molecular complexity index is 242. The zero-order valence-electron chi connectivity index (χ0n) is 8.77. The molecule has 1 nitrogen and oxygen atoms in total. The lowest BCUT2D eigenvalue weighted by atomic mass is 9.62. The van der Waals surface area contributed by atoms with E-state index in [0.717, 1.165) is 6.42 Å². The van der Waals surface area contributed by atoms with Crippen molar-refractivity contribution in [1.29, 1.82) is 0 Å². The van der Waals surface area contributed by atoms with Crippen molar-refractivity contribution in [3.05, 3.63) is 11.1 Å². The number of allylic oxidation sites excluding steroid dienone is 1. The van der Waals surface area contributed by atoms with Crippen molar-refractivity contribution in [2.75, 3.05) is 0 Å². The summed E-state index contributed by atoms with van der Waals surface area (Å²) in [5, 5.41) is 10.0. The summed E-state index contributed by atoms with van der Waals surface area (Å²) in [6.07, 6.45) is 7.07. The molecule has 1 N–H and O–H groups in total. The summed E-state index contributed by atoms with van der Waals surface area (Å²) in [6.45, 7) is 4.51. The second kappa shape index (κ2) is 3.13. The fraction of sp³-hybridized carbons (Fsp3) is 0.833. The van der Waals surface area contributed by atoms with E-state index in [1.807, 2.05) is 0 Å². The van der Waals surface area contributed by atoms with Crippen LogP contribution in [0, 0.1) is 5.41 Å². The Hall–Kier alpha value is -0.300. The molecule has 2 rings (SSSR count). The number of fused-ring (bicyclic) bond motifs is 1. The first kappa shape index (κ1) is 9.26. The van der Waals surface area contributed by atoms with Gasteiger partial charge < -0.3 is 5.11 Å². The summed E-state index contributed by atoms with van der Waals surface area (Å²) in [6, 6.07) is 0. The van der Waals surface area contributed by atoms with Gasteiger partial charge in [0, 0.05) is 5.41 Å². The first-order valence-corrected chi connectivity index (χ1v) is 5.52. The van der Waals surface area contributed by atoms with Crippen LogP contribution >= 0.6 is 0 Å². The lowest BCUT2D eigenvalue weighted by molar-refractivity contribution is 0.0247. The predicted octanol–water partition coefficient (Wildman–Crippen LogP) is 3.04. The van der Waals surface area contributed by atoms with E-state index in [4.69, 9.17) is 0 Å². The molecule has 0 aromatic heterocycles. The summed E-state index contributed by atoms with van der Waals surface area (Å²) in [7, 11) is 0. The largest absolute Gasteiger partial charge is 0.392 e. The van der Waals surface area contributed by atoms with Crippen LogP contribution in [-0.4, -0.2) is 11.2 Å². The molecule has 0 spiro atoms. The molecule has 0 aromatic carbocycles. The van der Waals surface area contributed by atoms with Gasteiger partial charge >= 0.3 is 0 Å². The molecule has 0 radical (unpaired) electrons. The number of hydrogen-bond acceptors (Lipinski definition) is 1. The molecule has 0 aromatic rings. The molecular weight excluding hydrogens is 160 g/mol. The fourth-order valence-corrected chi connectivity index (χ4v) is 3.17. The third kappa shape index (κ3) is 1.34. The van der Waals surface area contributed by atoms with Gasteiger partial charge in [-0.15, -0.1) is 0 Å². The van der Waals surface area contributed by atoms with Gasteiger partial charge in [-0.3, -0.25) is 0 Å². The van der Waals surface area contributed by atoms with Crippen molar-refractivity contribution in [1.82, 2.24) is 0 Å². The van der Waals surface area contributed by atoms with Gasteiger partial charge in [0.15, 0.2) is 0 Å². The summed E-state index contributed by atoms with van der Waals surface area (Å²) in [5.74, 6) is 0. The molecule has 0 amide bonds. The first-order valence-electron chi connectivity index (χ1n) is 5.52. The molecule has 0 bridgehead atoms. The van der Waals surface area contributed by atoms with Gasteiger partial charge in [0.2, 0.25) is 0 Å². The van der Waals surface area contributed by atoms with Gasteiger partial charge in [-0.05, 0) is 45.4 Å². The van der Waals surface area contributed by atoms with E-state index in [1.165, 1.54) is 32.1 Å². The Labute approximate surface area is 80.8 Å². The van der Waals surface area contributed by atoms with E-state index in [-0.39, 0.29) is 11.5 Å². The molecule has 1 heteroatoms. The third-order valence-corrected chi connectivity index (χ3v) is 4.09. The van der Waals surface area contributed by atoms with Gasteiger partial charge in [0.05, 0.1) is 6.10 Å². The lowest BCUT2D eigenvalue weighted by Crippen LogP contribution is -2.39. The molecule has 1 saturated carbocycles. The summed E-state index contributed by atoms with van der Waals surface area (Å²) in [4.78, 5) is 0. The Kier molecular flexibility index (Phi) is 2.23. The average molecular weight is 180 g/mol. The molecule has 1 fully saturated rings. The monoisotopic (exact) mass is 180 g/mol. The molecule has 2 aliphatic rings. The zero-order chi connectivity index (χ0) is 9.47. The minimum absolute atomic E-state index is 0.0773. The van der Waals surface area contributed by atoms with Crippen molar-refractivity contribution in [3.8, 4) is 0 Å². The van der Waals surface area contributed by atoms with Crippen LogP contribution in [0.4, 0.5) is 0 Å². The minimum Gasteiger partial charge on any atom is -0.392 e. The fourth-order valence-electron chi connectivity index (χ4n) is 3.17. The maximum atomic E-state index is 10.0. The molecule has 2 atom stereocenters. The van der Waals surface area contributed by atoms with Crippen molar-refractivity contribution < 1.29 is 5.11 Å². The van der Waals surface area contributed by atoms with E-state index < -0.39 is 0 Å². The molecule has 74 valence electrons. The highest BCUT2D eigenvalue weighted by atomic mass is 16.3. The maximum absolute atomic E-state index is 10.0. The van der Waals surface area contributed by atoms with E-state index in [9.17, 15) is 5.11 Å². The van der Waals surface area contributed by atoms with Crippen LogP contribution in [0.1, 0.15) is 52.4 Å². The summed E-state index contributed by atoms with van der Waals surface area (Å²) >= 11 is 0. The summed E-state index contributed by atoms with van der Waals surface area (Å²) in [5.41, 5.74) is 3.28. The topological polar surface area (TPSA) is 20.2 Å². The van der Waals surface area contributed by atoms with Crippen LogP contribution in [0.2, 0.25) is 0 Å². The first-order chi connectivity index (χ1) is 6.14. The second-order valence-electron chi connectivity index (χ2n) is 4.94. The molecule has 13 heavy (non-hydrogen) atoms. The van der Waals surface area contributed by atoms with Crippen LogP contribution in [0.25, 0.3) is 0 Å². The van der Waals surface area contributed by atoms with Crippen molar-refractivity contribution in [2.24, 2.45) is 5.41 Å². The SMILES string of the molecule is CC1=C2CCC[C@@H](O)[C@@]2(C)CCC1. The van der Waals surface area contributed by atoms with Gasteiger partial charge in [-0.25, -0.2) is 0 Å². The standard InChI is InChI=1S/C12H20O/c1-9-5-4-8-12(2)10(9)6-3-7-11(12)13/h11,13H,3-8H2,1-2H3/t11-,12+/m1/s1. The van der Waals surface area contributed by atoms with E-state index in [0.29, 0.717) is 0 Å². The van der Waals surface area contributed by atoms with Crippen molar-refractivity contribution in [3.63, 3.8) is 0 Å². The van der Waals surface area contributed by atoms with Crippen LogP contribution < -0.4 is 0 Å².